The Bertz CT molecular complexity index is 1000. The van der Waals surface area contributed by atoms with Gasteiger partial charge in [-0.2, -0.15) is 0 Å². The second-order valence-electron chi connectivity index (χ2n) is 6.28. The third-order valence-electron chi connectivity index (χ3n) is 3.64. The van der Waals surface area contributed by atoms with Crippen LogP contribution in [0.4, 0.5) is 4.39 Å². The average molecular weight is 458 g/mol. The Balaban J connectivity index is 1.84. The third kappa shape index (κ3) is 5.33. The fourth-order valence-electron chi connectivity index (χ4n) is 2.35. The number of ether oxygens (including phenoxy) is 2. The number of halogens is 3. The Morgan fingerprint density at radius 2 is 1.90 bits per heavy atom. The summed E-state index contributed by atoms with van der Waals surface area (Å²) in [6.45, 7) is 3.92. The zero-order chi connectivity index (χ0) is 21.0. The van der Waals surface area contributed by atoms with Crippen LogP contribution in [0.15, 0.2) is 24.4 Å². The smallest absolute Gasteiger partial charge is 0.232 e. The van der Waals surface area contributed by atoms with Crippen LogP contribution >= 0.6 is 34.5 Å². The van der Waals surface area contributed by atoms with Crippen LogP contribution in [0, 0.1) is 5.82 Å². The van der Waals surface area contributed by atoms with E-state index in [2.05, 4.69) is 15.2 Å². The summed E-state index contributed by atoms with van der Waals surface area (Å²) in [7, 11) is 0. The molecule has 0 spiro atoms. The van der Waals surface area contributed by atoms with Crippen LogP contribution in [0.5, 0.6) is 11.6 Å². The SMILES string of the molecule is CC(C)Oc1ncc(-c2nnc(-c3cc(F)c(OCCCO)cc3Cl)s2)cc1Cl. The molecule has 29 heavy (non-hydrogen) atoms. The van der Waals surface area contributed by atoms with Crippen molar-refractivity contribution < 1.29 is 19.0 Å². The number of aliphatic hydroxyl groups excluding tert-OH is 1. The maximum absolute atomic E-state index is 14.3. The standard InChI is InChI=1S/C19H18Cl2FN3O3S/c1-10(2)28-17-14(21)6-11(9-23-17)18-24-25-19(29-18)12-7-15(22)16(8-13(12)20)27-5-3-4-26/h6-10,26H,3-5H2,1-2H3. The van der Waals surface area contributed by atoms with E-state index in [0.29, 0.717) is 38.5 Å². The van der Waals surface area contributed by atoms with Crippen LogP contribution in [0.3, 0.4) is 0 Å². The molecule has 6 nitrogen and oxygen atoms in total. The van der Waals surface area contributed by atoms with Crippen molar-refractivity contribution in [2.75, 3.05) is 13.2 Å². The summed E-state index contributed by atoms with van der Waals surface area (Å²) in [5, 5.41) is 18.7. The predicted octanol–water partition coefficient (Wildman–Crippen LogP) is 5.26. The van der Waals surface area contributed by atoms with Gasteiger partial charge in [-0.25, -0.2) is 9.37 Å². The van der Waals surface area contributed by atoms with Crippen LogP contribution in [0.2, 0.25) is 10.0 Å². The number of aromatic nitrogens is 3. The third-order valence-corrected chi connectivity index (χ3v) is 5.23. The molecule has 0 aliphatic heterocycles. The van der Waals surface area contributed by atoms with E-state index >= 15 is 0 Å². The van der Waals surface area contributed by atoms with Gasteiger partial charge in [0.15, 0.2) is 11.6 Å². The predicted molar refractivity (Wildman–Crippen MR) is 112 cm³/mol. The molecule has 0 atom stereocenters. The number of benzene rings is 1. The summed E-state index contributed by atoms with van der Waals surface area (Å²) in [5.74, 6) is -0.204. The number of aliphatic hydroxyl groups is 1. The second kappa shape index (κ2) is 9.67. The molecular weight excluding hydrogens is 440 g/mol. The Morgan fingerprint density at radius 3 is 2.59 bits per heavy atom. The molecule has 0 unspecified atom stereocenters. The summed E-state index contributed by atoms with van der Waals surface area (Å²) in [6.07, 6.45) is 1.94. The van der Waals surface area contributed by atoms with Gasteiger partial charge in [-0.1, -0.05) is 34.5 Å². The molecule has 2 aromatic heterocycles. The molecule has 3 aromatic rings. The van der Waals surface area contributed by atoms with Gasteiger partial charge in [-0.05, 0) is 26.0 Å². The van der Waals surface area contributed by atoms with Gasteiger partial charge in [0, 0.05) is 36.4 Å². The van der Waals surface area contributed by atoms with Gasteiger partial charge in [0.2, 0.25) is 5.88 Å². The van der Waals surface area contributed by atoms with Crippen LogP contribution in [0.25, 0.3) is 21.1 Å². The maximum Gasteiger partial charge on any atom is 0.232 e. The molecule has 0 radical (unpaired) electrons. The fraction of sp³-hybridized carbons (Fsp3) is 0.316. The van der Waals surface area contributed by atoms with Crippen LogP contribution in [0.1, 0.15) is 20.3 Å². The van der Waals surface area contributed by atoms with Crippen LogP contribution in [-0.4, -0.2) is 39.6 Å². The molecule has 0 saturated heterocycles. The maximum atomic E-state index is 14.3. The van der Waals surface area contributed by atoms with E-state index in [1.54, 1.807) is 12.3 Å². The molecular formula is C19H18Cl2FN3O3S. The van der Waals surface area contributed by atoms with Crippen molar-refractivity contribution in [1.29, 1.82) is 0 Å². The van der Waals surface area contributed by atoms with E-state index < -0.39 is 5.82 Å². The summed E-state index contributed by atoms with van der Waals surface area (Å²) < 4.78 is 25.2. The lowest BCUT2D eigenvalue weighted by Crippen LogP contribution is -2.07. The molecule has 0 saturated carbocycles. The van der Waals surface area contributed by atoms with Gasteiger partial charge in [-0.3, -0.25) is 0 Å². The highest BCUT2D eigenvalue weighted by molar-refractivity contribution is 7.18. The lowest BCUT2D eigenvalue weighted by molar-refractivity contribution is 0.228. The lowest BCUT2D eigenvalue weighted by Gasteiger charge is -2.10. The van der Waals surface area contributed by atoms with Gasteiger partial charge < -0.3 is 14.6 Å². The molecule has 1 aromatic carbocycles. The lowest BCUT2D eigenvalue weighted by atomic mass is 10.2. The van der Waals surface area contributed by atoms with Crippen molar-refractivity contribution in [3.63, 3.8) is 0 Å². The van der Waals surface area contributed by atoms with Crippen molar-refractivity contribution in [2.24, 2.45) is 0 Å². The first kappa shape index (κ1) is 21.7. The Hall–Kier alpha value is -2.00. The molecule has 0 aliphatic carbocycles. The Kier molecular flexibility index (Phi) is 7.23. The van der Waals surface area contributed by atoms with E-state index in [4.69, 9.17) is 37.8 Å². The van der Waals surface area contributed by atoms with Crippen molar-refractivity contribution in [3.8, 4) is 32.8 Å². The van der Waals surface area contributed by atoms with Gasteiger partial charge >= 0.3 is 0 Å². The number of hydrogen-bond donors (Lipinski definition) is 1. The molecule has 1 N–H and O–H groups in total. The average Bonchev–Trinajstić information content (AvgIpc) is 3.15. The van der Waals surface area contributed by atoms with E-state index in [9.17, 15) is 4.39 Å². The van der Waals surface area contributed by atoms with E-state index in [1.165, 1.54) is 23.5 Å². The van der Waals surface area contributed by atoms with Gasteiger partial charge in [-0.15, -0.1) is 10.2 Å². The molecule has 0 fully saturated rings. The van der Waals surface area contributed by atoms with E-state index in [0.717, 1.165) is 0 Å². The van der Waals surface area contributed by atoms with Crippen LogP contribution < -0.4 is 9.47 Å². The summed E-state index contributed by atoms with van der Waals surface area (Å²) in [4.78, 5) is 4.22. The molecule has 154 valence electrons. The van der Waals surface area contributed by atoms with Crippen molar-refractivity contribution in [1.82, 2.24) is 15.2 Å². The first-order valence-corrected chi connectivity index (χ1v) is 10.4. The highest BCUT2D eigenvalue weighted by Crippen LogP contribution is 2.38. The summed E-state index contributed by atoms with van der Waals surface area (Å²) in [5.41, 5.74) is 1.07. The normalized spacial score (nSPS) is 11.1. The fourth-order valence-corrected chi connectivity index (χ4v) is 3.72. The number of rotatable bonds is 8. The van der Waals surface area contributed by atoms with Crippen molar-refractivity contribution >= 4 is 34.5 Å². The van der Waals surface area contributed by atoms with Gasteiger partial charge in [0.1, 0.15) is 15.0 Å². The van der Waals surface area contributed by atoms with E-state index in [1.807, 2.05) is 13.8 Å². The zero-order valence-corrected chi connectivity index (χ0v) is 18.0. The Morgan fingerprint density at radius 1 is 1.14 bits per heavy atom. The van der Waals surface area contributed by atoms with Crippen LogP contribution in [-0.2, 0) is 0 Å². The molecule has 0 amide bonds. The zero-order valence-electron chi connectivity index (χ0n) is 15.7. The molecule has 2 heterocycles. The number of hydrogen-bond acceptors (Lipinski definition) is 7. The summed E-state index contributed by atoms with van der Waals surface area (Å²) >= 11 is 13.8. The first-order chi connectivity index (χ1) is 13.9. The highest BCUT2D eigenvalue weighted by atomic mass is 35.5. The van der Waals surface area contributed by atoms with Crippen molar-refractivity contribution in [2.45, 2.75) is 26.4 Å². The molecule has 10 heteroatoms. The molecule has 0 aliphatic rings. The molecule has 0 bridgehead atoms. The van der Waals surface area contributed by atoms with Gasteiger partial charge in [0.05, 0.1) is 17.7 Å². The molecule has 3 rings (SSSR count). The van der Waals surface area contributed by atoms with E-state index in [-0.39, 0.29) is 30.1 Å². The monoisotopic (exact) mass is 457 g/mol. The first-order valence-electron chi connectivity index (χ1n) is 8.78. The second-order valence-corrected chi connectivity index (χ2v) is 8.07. The van der Waals surface area contributed by atoms with Gasteiger partial charge in [0.25, 0.3) is 0 Å². The number of nitrogens with zero attached hydrogens (tertiary/aromatic N) is 3. The largest absolute Gasteiger partial charge is 0.490 e. The minimum atomic E-state index is -0.570. The van der Waals surface area contributed by atoms with Crippen molar-refractivity contribution in [3.05, 3.63) is 40.3 Å². The topological polar surface area (TPSA) is 77.4 Å². The minimum absolute atomic E-state index is 0.0219. The summed E-state index contributed by atoms with van der Waals surface area (Å²) in [6, 6.07) is 4.34. The Labute approximate surface area is 181 Å². The quantitative estimate of drug-likeness (QED) is 0.464. The highest BCUT2D eigenvalue weighted by Gasteiger charge is 2.17. The minimum Gasteiger partial charge on any atom is -0.490 e. The number of pyridine rings is 1.